The molecule has 0 saturated carbocycles. The van der Waals surface area contributed by atoms with Crippen molar-refractivity contribution in [2.45, 2.75) is 37.2 Å². The summed E-state index contributed by atoms with van der Waals surface area (Å²) in [7, 11) is 0. The number of aromatic nitrogens is 1. The summed E-state index contributed by atoms with van der Waals surface area (Å²) in [5, 5.41) is 17.8. The molecule has 3 N–H and O–H groups in total. The van der Waals surface area contributed by atoms with Gasteiger partial charge in [-0.3, -0.25) is 19.9 Å². The van der Waals surface area contributed by atoms with Gasteiger partial charge in [-0.2, -0.15) is 0 Å². The van der Waals surface area contributed by atoms with E-state index in [0.29, 0.717) is 35.4 Å². The topological polar surface area (TPSA) is 91.3 Å². The predicted octanol–water partition coefficient (Wildman–Crippen LogP) is 1.98. The number of amides is 2. The average molecular weight is 374 g/mol. The Morgan fingerprint density at radius 1 is 1.23 bits per heavy atom. The molecule has 0 bridgehead atoms. The van der Waals surface area contributed by atoms with Crippen molar-refractivity contribution in [1.82, 2.24) is 15.6 Å². The van der Waals surface area contributed by atoms with E-state index in [4.69, 9.17) is 11.6 Å². The fourth-order valence-electron chi connectivity index (χ4n) is 3.83. The minimum Gasteiger partial charge on any atom is -0.385 e. The summed E-state index contributed by atoms with van der Waals surface area (Å²) in [6, 6.07) is 5.62. The summed E-state index contributed by atoms with van der Waals surface area (Å²) < 4.78 is 0. The highest BCUT2D eigenvalue weighted by molar-refractivity contribution is 6.36. The Balaban J connectivity index is 1.76. The predicted molar refractivity (Wildman–Crippen MR) is 97.9 cm³/mol. The van der Waals surface area contributed by atoms with E-state index in [2.05, 4.69) is 15.6 Å². The molecule has 0 spiro atoms. The van der Waals surface area contributed by atoms with E-state index in [9.17, 15) is 14.7 Å². The first-order chi connectivity index (χ1) is 12.5. The van der Waals surface area contributed by atoms with Gasteiger partial charge in [0.25, 0.3) is 0 Å². The van der Waals surface area contributed by atoms with Gasteiger partial charge in [0, 0.05) is 23.6 Å². The van der Waals surface area contributed by atoms with Gasteiger partial charge >= 0.3 is 0 Å². The van der Waals surface area contributed by atoms with E-state index < -0.39 is 11.5 Å². The Hall–Kier alpha value is -2.02. The van der Waals surface area contributed by atoms with E-state index in [1.165, 1.54) is 0 Å². The van der Waals surface area contributed by atoms with Crippen molar-refractivity contribution in [3.8, 4) is 0 Å². The van der Waals surface area contributed by atoms with Gasteiger partial charge in [-0.05, 0) is 50.0 Å². The lowest BCUT2D eigenvalue weighted by Crippen LogP contribution is -2.39. The van der Waals surface area contributed by atoms with Gasteiger partial charge in [0.2, 0.25) is 11.8 Å². The Morgan fingerprint density at radius 2 is 2.00 bits per heavy atom. The summed E-state index contributed by atoms with van der Waals surface area (Å²) in [5.74, 6) is -1.08. The second-order valence-electron chi connectivity index (χ2n) is 7.04. The Labute approximate surface area is 155 Å². The highest BCUT2D eigenvalue weighted by Crippen LogP contribution is 2.37. The minimum absolute atomic E-state index is 0.258. The fourth-order valence-corrected chi connectivity index (χ4v) is 4.16. The number of hydrogen-bond donors (Lipinski definition) is 3. The molecule has 2 fully saturated rings. The first kappa shape index (κ1) is 17.4. The number of nitrogens with one attached hydrogen (secondary N) is 2. The van der Waals surface area contributed by atoms with Crippen LogP contribution in [0.1, 0.15) is 42.7 Å². The van der Waals surface area contributed by atoms with Crippen LogP contribution < -0.4 is 10.6 Å². The second-order valence-corrected chi connectivity index (χ2v) is 7.42. The maximum Gasteiger partial charge on any atom is 0.234 e. The molecule has 4 rings (SSSR count). The third-order valence-electron chi connectivity index (χ3n) is 5.41. The van der Waals surface area contributed by atoms with Crippen molar-refractivity contribution in [2.24, 2.45) is 0 Å². The highest BCUT2D eigenvalue weighted by Gasteiger charge is 2.33. The van der Waals surface area contributed by atoms with Gasteiger partial charge < -0.3 is 10.4 Å². The number of piperidine rings is 2. The summed E-state index contributed by atoms with van der Waals surface area (Å²) in [5.41, 5.74) is 1.27. The fraction of sp³-hybridized carbons (Fsp3) is 0.421. The van der Waals surface area contributed by atoms with Crippen molar-refractivity contribution in [1.29, 1.82) is 0 Å². The Kier molecular flexibility index (Phi) is 4.42. The molecule has 2 saturated heterocycles. The van der Waals surface area contributed by atoms with Crippen LogP contribution in [0.25, 0.3) is 10.9 Å². The summed E-state index contributed by atoms with van der Waals surface area (Å²) in [6.07, 6.45) is 3.60. The molecule has 2 amide bonds. The van der Waals surface area contributed by atoms with Crippen molar-refractivity contribution < 1.29 is 14.7 Å². The largest absolute Gasteiger partial charge is 0.385 e. The van der Waals surface area contributed by atoms with Gasteiger partial charge in [0.15, 0.2) is 0 Å². The number of fused-ring (bicyclic) bond motifs is 1. The number of carbonyl (C=O) groups is 2. The zero-order valence-electron chi connectivity index (χ0n) is 14.2. The average Bonchev–Trinajstić information content (AvgIpc) is 2.63. The maximum absolute atomic E-state index is 12.2. The molecule has 6 nitrogen and oxygen atoms in total. The molecule has 7 heteroatoms. The molecule has 3 heterocycles. The molecular formula is C19H20ClN3O3. The van der Waals surface area contributed by atoms with Crippen LogP contribution in [-0.2, 0) is 15.2 Å². The highest BCUT2D eigenvalue weighted by atomic mass is 35.5. The van der Waals surface area contributed by atoms with E-state index in [0.717, 1.165) is 24.0 Å². The number of nitrogens with zero attached hydrogens (tertiary/aromatic N) is 1. The maximum atomic E-state index is 12.2. The van der Waals surface area contributed by atoms with E-state index in [1.54, 1.807) is 6.20 Å². The van der Waals surface area contributed by atoms with Gasteiger partial charge in [-0.25, -0.2) is 0 Å². The number of benzene rings is 1. The number of halogens is 1. The number of carbonyl (C=O) groups excluding carboxylic acids is 2. The molecule has 136 valence electrons. The first-order valence-electron chi connectivity index (χ1n) is 8.83. The van der Waals surface area contributed by atoms with Crippen LogP contribution in [0.4, 0.5) is 0 Å². The summed E-state index contributed by atoms with van der Waals surface area (Å²) in [6.45, 7) is 1.52. The van der Waals surface area contributed by atoms with Crippen molar-refractivity contribution in [3.63, 3.8) is 0 Å². The molecule has 0 radical (unpaired) electrons. The molecule has 1 atom stereocenters. The minimum atomic E-state index is -0.882. The van der Waals surface area contributed by atoms with Gasteiger partial charge in [0.1, 0.15) is 0 Å². The monoisotopic (exact) mass is 373 g/mol. The van der Waals surface area contributed by atoms with Crippen LogP contribution in [0, 0.1) is 0 Å². The Morgan fingerprint density at radius 3 is 2.73 bits per heavy atom. The number of aliphatic hydroxyl groups is 1. The van der Waals surface area contributed by atoms with E-state index in [-0.39, 0.29) is 18.2 Å². The first-order valence-corrected chi connectivity index (χ1v) is 9.21. The van der Waals surface area contributed by atoms with Gasteiger partial charge in [0.05, 0.1) is 22.1 Å². The van der Waals surface area contributed by atoms with Crippen LogP contribution in [-0.4, -0.2) is 35.0 Å². The third kappa shape index (κ3) is 2.98. The van der Waals surface area contributed by atoms with Crippen LogP contribution in [0.2, 0.25) is 5.02 Å². The molecule has 1 aromatic heterocycles. The number of rotatable bonds is 2. The van der Waals surface area contributed by atoms with E-state index in [1.807, 2.05) is 18.2 Å². The van der Waals surface area contributed by atoms with Crippen LogP contribution in [0.3, 0.4) is 0 Å². The molecule has 1 unspecified atom stereocenters. The smallest absolute Gasteiger partial charge is 0.234 e. The van der Waals surface area contributed by atoms with Crippen LogP contribution >= 0.6 is 11.6 Å². The lowest BCUT2D eigenvalue weighted by atomic mass is 9.84. The number of pyridine rings is 1. The quantitative estimate of drug-likeness (QED) is 0.700. The molecule has 26 heavy (non-hydrogen) atoms. The number of hydrogen-bond acceptors (Lipinski definition) is 5. The molecule has 2 aliphatic heterocycles. The summed E-state index contributed by atoms with van der Waals surface area (Å²) in [4.78, 5) is 28.0. The standard InChI is InChI=1S/C19H20ClN3O3/c20-17-13-9-11(19(26)5-7-21-8-6-19)1-3-15(13)22-10-14(17)12-2-4-16(24)23-18(12)25/h1,3,9-10,12,21,26H,2,4-8H2,(H,23,24,25). The molecule has 2 aliphatic rings. The normalized spacial score (nSPS) is 23.1. The summed E-state index contributed by atoms with van der Waals surface area (Å²) >= 11 is 6.63. The molecule has 0 aliphatic carbocycles. The van der Waals surface area contributed by atoms with Gasteiger partial charge in [-0.15, -0.1) is 0 Å². The third-order valence-corrected chi connectivity index (χ3v) is 5.83. The lowest BCUT2D eigenvalue weighted by molar-refractivity contribution is -0.134. The van der Waals surface area contributed by atoms with Crippen LogP contribution in [0.15, 0.2) is 24.4 Å². The zero-order chi connectivity index (χ0) is 18.3. The molecule has 2 aromatic rings. The Bertz CT molecular complexity index is 893. The van der Waals surface area contributed by atoms with Crippen molar-refractivity contribution in [3.05, 3.63) is 40.5 Å². The van der Waals surface area contributed by atoms with Crippen molar-refractivity contribution in [2.75, 3.05) is 13.1 Å². The second kappa shape index (κ2) is 6.61. The molecular weight excluding hydrogens is 354 g/mol. The lowest BCUT2D eigenvalue weighted by Gasteiger charge is -2.33. The zero-order valence-corrected chi connectivity index (χ0v) is 15.0. The molecule has 1 aromatic carbocycles. The van der Waals surface area contributed by atoms with Gasteiger partial charge in [-0.1, -0.05) is 17.7 Å². The number of imide groups is 1. The van der Waals surface area contributed by atoms with Crippen LogP contribution in [0.5, 0.6) is 0 Å². The van der Waals surface area contributed by atoms with E-state index >= 15 is 0 Å². The van der Waals surface area contributed by atoms with Crippen molar-refractivity contribution >= 4 is 34.3 Å². The SMILES string of the molecule is O=C1CCC(c2cnc3ccc(C4(O)CCNCC4)cc3c2Cl)C(=O)N1.